The average molecular weight is 223 g/mol. The lowest BCUT2D eigenvalue weighted by molar-refractivity contribution is 0.0443. The van der Waals surface area contributed by atoms with Gasteiger partial charge in [0.2, 0.25) is 6.30 Å². The van der Waals surface area contributed by atoms with Crippen molar-refractivity contribution in [1.29, 1.82) is 0 Å². The molecule has 1 aromatic carbocycles. The molecule has 0 spiro atoms. The van der Waals surface area contributed by atoms with Crippen LogP contribution in [0.4, 0.5) is 9.18 Å². The van der Waals surface area contributed by atoms with Gasteiger partial charge in [-0.1, -0.05) is 24.3 Å². The Morgan fingerprint density at radius 1 is 1.56 bits per heavy atom. The molecule has 1 aliphatic rings. The zero-order valence-corrected chi connectivity index (χ0v) is 9.15. The molecular formula is C12H14FNO2. The highest BCUT2D eigenvalue weighted by Crippen LogP contribution is 2.30. The second kappa shape index (κ2) is 4.51. The van der Waals surface area contributed by atoms with Crippen LogP contribution in [-0.4, -0.2) is 24.1 Å². The molecule has 0 saturated carbocycles. The van der Waals surface area contributed by atoms with Gasteiger partial charge in [-0.3, -0.25) is 4.90 Å². The number of carbonyl (C=O) groups is 1. The quantitative estimate of drug-likeness (QED) is 0.685. The molecule has 2 rings (SSSR count). The first kappa shape index (κ1) is 10.9. The minimum absolute atomic E-state index is 0.268. The number of amides is 1. The summed E-state index contributed by atoms with van der Waals surface area (Å²) in [6.07, 6.45) is -1.29. The van der Waals surface area contributed by atoms with Crippen molar-refractivity contribution in [2.24, 2.45) is 0 Å². The predicted octanol–water partition coefficient (Wildman–Crippen LogP) is 2.67. The Kier molecular flexibility index (Phi) is 3.08. The van der Waals surface area contributed by atoms with E-state index in [0.29, 0.717) is 18.5 Å². The van der Waals surface area contributed by atoms with Gasteiger partial charge in [-0.25, -0.2) is 9.18 Å². The lowest BCUT2D eigenvalue weighted by Crippen LogP contribution is -2.38. The molecule has 4 heteroatoms. The van der Waals surface area contributed by atoms with Gasteiger partial charge in [0.1, 0.15) is 0 Å². The van der Waals surface area contributed by atoms with Gasteiger partial charge in [-0.05, 0) is 18.9 Å². The van der Waals surface area contributed by atoms with E-state index >= 15 is 0 Å². The fourth-order valence-corrected chi connectivity index (χ4v) is 1.91. The maximum absolute atomic E-state index is 14.0. The van der Waals surface area contributed by atoms with Crippen molar-refractivity contribution in [3.05, 3.63) is 35.4 Å². The minimum Gasteiger partial charge on any atom is -0.450 e. The highest BCUT2D eigenvalue weighted by molar-refractivity contribution is 5.68. The van der Waals surface area contributed by atoms with E-state index in [1.165, 1.54) is 0 Å². The van der Waals surface area contributed by atoms with Crippen LogP contribution in [-0.2, 0) is 11.2 Å². The van der Waals surface area contributed by atoms with E-state index in [4.69, 9.17) is 4.74 Å². The molecule has 0 fully saturated rings. The third kappa shape index (κ3) is 1.87. The first-order valence-electron chi connectivity index (χ1n) is 5.39. The summed E-state index contributed by atoms with van der Waals surface area (Å²) in [6.45, 7) is 2.35. The van der Waals surface area contributed by atoms with Crippen LogP contribution < -0.4 is 0 Å². The number of nitrogens with zero attached hydrogens (tertiary/aromatic N) is 1. The van der Waals surface area contributed by atoms with Gasteiger partial charge in [0.05, 0.1) is 6.61 Å². The Balaban J connectivity index is 2.21. The highest BCUT2D eigenvalue weighted by atomic mass is 19.1. The molecule has 86 valence electrons. The summed E-state index contributed by atoms with van der Waals surface area (Å²) in [6, 6.07) is 7.27. The van der Waals surface area contributed by atoms with Gasteiger partial charge >= 0.3 is 6.09 Å². The molecule has 1 aliphatic heterocycles. The lowest BCUT2D eigenvalue weighted by atomic mass is 9.99. The molecule has 0 radical (unpaired) electrons. The zero-order valence-electron chi connectivity index (χ0n) is 9.15. The minimum atomic E-state index is -1.39. The van der Waals surface area contributed by atoms with Crippen molar-refractivity contribution in [1.82, 2.24) is 4.90 Å². The number of benzene rings is 1. The van der Waals surface area contributed by atoms with E-state index in [0.717, 1.165) is 10.5 Å². The van der Waals surface area contributed by atoms with Crippen molar-refractivity contribution < 1.29 is 13.9 Å². The van der Waals surface area contributed by atoms with Gasteiger partial charge in [0, 0.05) is 12.1 Å². The number of carbonyl (C=O) groups excluding carboxylic acids is 1. The fourth-order valence-electron chi connectivity index (χ4n) is 1.91. The summed E-state index contributed by atoms with van der Waals surface area (Å²) in [5.74, 6) is 0. The van der Waals surface area contributed by atoms with Gasteiger partial charge in [-0.2, -0.15) is 0 Å². The first-order valence-corrected chi connectivity index (χ1v) is 5.39. The van der Waals surface area contributed by atoms with E-state index in [1.807, 2.05) is 12.1 Å². The monoisotopic (exact) mass is 223 g/mol. The van der Waals surface area contributed by atoms with Crippen LogP contribution in [0.25, 0.3) is 0 Å². The summed E-state index contributed by atoms with van der Waals surface area (Å²) in [5.41, 5.74) is 1.54. The molecule has 1 unspecified atom stereocenters. The maximum Gasteiger partial charge on any atom is 0.412 e. The molecule has 0 aromatic heterocycles. The van der Waals surface area contributed by atoms with E-state index < -0.39 is 12.4 Å². The van der Waals surface area contributed by atoms with Crippen molar-refractivity contribution in [3.8, 4) is 0 Å². The molecule has 1 amide bonds. The van der Waals surface area contributed by atoms with E-state index in [9.17, 15) is 9.18 Å². The van der Waals surface area contributed by atoms with Crippen LogP contribution in [0, 0.1) is 0 Å². The second-order valence-corrected chi connectivity index (χ2v) is 3.68. The van der Waals surface area contributed by atoms with Gasteiger partial charge in [0.25, 0.3) is 0 Å². The normalized spacial score (nSPS) is 19.1. The Morgan fingerprint density at radius 2 is 2.31 bits per heavy atom. The Bertz CT molecular complexity index is 394. The predicted molar refractivity (Wildman–Crippen MR) is 57.7 cm³/mol. The maximum atomic E-state index is 14.0. The summed E-state index contributed by atoms with van der Waals surface area (Å²) < 4.78 is 18.9. The van der Waals surface area contributed by atoms with Gasteiger partial charge in [0.15, 0.2) is 0 Å². The molecule has 1 aromatic rings. The topological polar surface area (TPSA) is 29.5 Å². The van der Waals surface area contributed by atoms with Gasteiger partial charge in [-0.15, -0.1) is 0 Å². The van der Waals surface area contributed by atoms with Crippen LogP contribution in [0.2, 0.25) is 0 Å². The molecule has 1 heterocycles. The largest absolute Gasteiger partial charge is 0.450 e. The van der Waals surface area contributed by atoms with Crippen LogP contribution in [0.3, 0.4) is 0 Å². The molecule has 16 heavy (non-hydrogen) atoms. The average Bonchev–Trinajstić information content (AvgIpc) is 2.30. The first-order chi connectivity index (χ1) is 7.74. The molecule has 0 bridgehead atoms. The highest BCUT2D eigenvalue weighted by Gasteiger charge is 2.31. The summed E-state index contributed by atoms with van der Waals surface area (Å²) in [4.78, 5) is 12.6. The molecule has 3 nitrogen and oxygen atoms in total. The van der Waals surface area contributed by atoms with Crippen LogP contribution >= 0.6 is 0 Å². The number of rotatable bonds is 1. The molecule has 0 aliphatic carbocycles. The zero-order chi connectivity index (χ0) is 11.5. The van der Waals surface area contributed by atoms with Crippen molar-refractivity contribution in [2.75, 3.05) is 13.2 Å². The van der Waals surface area contributed by atoms with E-state index in [1.54, 1.807) is 19.1 Å². The Morgan fingerprint density at radius 3 is 3.06 bits per heavy atom. The number of hydrogen-bond donors (Lipinski definition) is 0. The van der Waals surface area contributed by atoms with E-state index in [-0.39, 0.29) is 6.61 Å². The fraction of sp³-hybridized carbons (Fsp3) is 0.417. The number of halogens is 1. The SMILES string of the molecule is CCOC(=O)N1CCc2ccccc2C1F. The number of hydrogen-bond acceptors (Lipinski definition) is 2. The van der Waals surface area contributed by atoms with Crippen LogP contribution in [0.5, 0.6) is 0 Å². The summed E-state index contributed by atoms with van der Waals surface area (Å²) in [5, 5.41) is 0. The second-order valence-electron chi connectivity index (χ2n) is 3.68. The smallest absolute Gasteiger partial charge is 0.412 e. The third-order valence-electron chi connectivity index (χ3n) is 2.71. The number of fused-ring (bicyclic) bond motifs is 1. The van der Waals surface area contributed by atoms with Crippen molar-refractivity contribution >= 4 is 6.09 Å². The van der Waals surface area contributed by atoms with Gasteiger partial charge < -0.3 is 4.74 Å². The molecular weight excluding hydrogens is 209 g/mol. The Labute approximate surface area is 93.8 Å². The third-order valence-corrected chi connectivity index (χ3v) is 2.71. The Hall–Kier alpha value is -1.58. The van der Waals surface area contributed by atoms with Crippen molar-refractivity contribution in [3.63, 3.8) is 0 Å². The molecule has 0 saturated heterocycles. The molecule has 0 N–H and O–H groups in total. The standard InChI is InChI=1S/C12H14FNO2/c1-2-16-12(15)14-8-7-9-5-3-4-6-10(9)11(14)13/h3-6,11H,2,7-8H2,1H3. The van der Waals surface area contributed by atoms with Crippen LogP contribution in [0.1, 0.15) is 24.3 Å². The number of alkyl halides is 1. The lowest BCUT2D eigenvalue weighted by Gasteiger charge is -2.31. The van der Waals surface area contributed by atoms with E-state index in [2.05, 4.69) is 0 Å². The summed E-state index contributed by atoms with van der Waals surface area (Å²) in [7, 11) is 0. The summed E-state index contributed by atoms with van der Waals surface area (Å²) >= 11 is 0. The van der Waals surface area contributed by atoms with Crippen LogP contribution in [0.15, 0.2) is 24.3 Å². The molecule has 1 atom stereocenters. The van der Waals surface area contributed by atoms with Crippen molar-refractivity contribution in [2.45, 2.75) is 19.6 Å². The number of ether oxygens (including phenoxy) is 1.